The van der Waals surface area contributed by atoms with Gasteiger partial charge in [0.05, 0.1) is 33.6 Å². The number of imide groups is 2. The zero-order valence-corrected chi connectivity index (χ0v) is 69.5. The number of ether oxygens (including phenoxy) is 4. The summed E-state index contributed by atoms with van der Waals surface area (Å²) in [6.07, 6.45) is 25.8. The summed E-state index contributed by atoms with van der Waals surface area (Å²) in [5, 5.41) is 3.82. The van der Waals surface area contributed by atoms with Crippen molar-refractivity contribution in [3.63, 3.8) is 0 Å². The summed E-state index contributed by atoms with van der Waals surface area (Å²) in [5.74, 6) is 3.68. The molecule has 0 radical (unpaired) electrons. The molecule has 4 amide bonds. The van der Waals surface area contributed by atoms with E-state index in [1.807, 2.05) is 72.8 Å². The fraction of sp³-hybridized carbons (Fsp3) is 0.423. The Kier molecular flexibility index (Phi) is 20.5. The third kappa shape index (κ3) is 14.8. The fourth-order valence-electron chi connectivity index (χ4n) is 20.1. The molecule has 10 nitrogen and oxygen atoms in total. The largest absolute Gasteiger partial charge is 0.457 e. The van der Waals surface area contributed by atoms with E-state index in [1.165, 1.54) is 113 Å². The molecule has 4 aliphatic carbocycles. The van der Waals surface area contributed by atoms with Gasteiger partial charge in [0, 0.05) is 43.1 Å². The quantitative estimate of drug-likeness (QED) is 0.0375. The molecule has 0 unspecified atom stereocenters. The van der Waals surface area contributed by atoms with Gasteiger partial charge in [-0.25, -0.2) is 9.80 Å². The second-order valence-corrected chi connectivity index (χ2v) is 38.7. The standard InChI is InChI=1S/C104H114N2O8/c1-101(2,3)71-43-51-75(52-44-71)111-83-59-79-87-80(98(108)105(97(79)107)95-67(39-35-63-23-13-14-24-63)31-21-32-68(95)40-36-64-25-15-16-26-64)61-85(113-77-55-47-73(48-56-77)103(7,8)9)91-92-86(114-78-57-49-74(50-58-78)104(10,11)12)62-82-88-81(60-84(90(94(88)92)89(83)93(87)91)112-76-53-45-72(46-54-76)102(4,5)6)99(109)106(100(82)110)96-69(41-37-65-27-17-18-28-65)33-22-34-70(96)42-38-66-29-19-20-30-66/h21-22,31-34,43-66H,13-20,23-30,35-42H2,1-12H3. The van der Waals surface area contributed by atoms with Gasteiger partial charge in [-0.3, -0.25) is 19.2 Å². The van der Waals surface area contributed by atoms with Gasteiger partial charge in [-0.1, -0.05) is 271 Å². The Hall–Kier alpha value is -9.80. The fourth-order valence-corrected chi connectivity index (χ4v) is 20.1. The lowest BCUT2D eigenvalue weighted by atomic mass is 9.80. The number of rotatable bonds is 22. The molecule has 0 spiro atoms. The highest BCUT2D eigenvalue weighted by atomic mass is 16.5. The average Bonchev–Trinajstić information content (AvgIpc) is 0.721. The molecule has 4 fully saturated rings. The van der Waals surface area contributed by atoms with Crippen LogP contribution in [-0.4, -0.2) is 23.6 Å². The van der Waals surface area contributed by atoms with Gasteiger partial charge in [-0.2, -0.15) is 0 Å². The first-order valence-corrected chi connectivity index (χ1v) is 43.2. The first kappa shape index (κ1) is 76.8. The van der Waals surface area contributed by atoms with Crippen LogP contribution in [0.5, 0.6) is 46.0 Å². The summed E-state index contributed by atoms with van der Waals surface area (Å²) in [6, 6.07) is 53.0. The monoisotopic (exact) mass is 1520 g/mol. The smallest absolute Gasteiger partial charge is 0.266 e. The predicted octanol–water partition coefficient (Wildman–Crippen LogP) is 28.2. The second-order valence-electron chi connectivity index (χ2n) is 38.7. The Morgan fingerprint density at radius 1 is 0.272 bits per heavy atom. The molecule has 0 bridgehead atoms. The van der Waals surface area contributed by atoms with E-state index < -0.39 is 23.6 Å². The maximum absolute atomic E-state index is 17.2. The molecule has 0 N–H and O–H groups in total. The maximum Gasteiger partial charge on any atom is 0.266 e. The van der Waals surface area contributed by atoms with E-state index in [9.17, 15) is 0 Å². The molecular weight excluding hydrogens is 1410 g/mol. The number of fused-ring (bicyclic) bond motifs is 2. The van der Waals surface area contributed by atoms with E-state index in [-0.39, 0.29) is 43.9 Å². The number of aryl methyl sites for hydroxylation is 4. The van der Waals surface area contributed by atoms with Crippen molar-refractivity contribution in [1.82, 2.24) is 0 Å². The Morgan fingerprint density at radius 3 is 0.667 bits per heavy atom. The number of anilines is 2. The second kappa shape index (κ2) is 30.4. The van der Waals surface area contributed by atoms with Crippen LogP contribution in [0.4, 0.5) is 11.4 Å². The van der Waals surface area contributed by atoms with Gasteiger partial charge < -0.3 is 18.9 Å². The molecule has 0 aromatic heterocycles. The molecule has 588 valence electrons. The highest BCUT2D eigenvalue weighted by Crippen LogP contribution is 2.59. The van der Waals surface area contributed by atoms with Crippen LogP contribution in [-0.2, 0) is 47.3 Å². The van der Waals surface area contributed by atoms with Gasteiger partial charge in [0.15, 0.2) is 0 Å². The van der Waals surface area contributed by atoms with E-state index in [0.29, 0.717) is 124 Å². The first-order valence-electron chi connectivity index (χ1n) is 43.2. The Balaban J connectivity index is 1.00. The summed E-state index contributed by atoms with van der Waals surface area (Å²) < 4.78 is 30.5. The number of nitrogens with zero attached hydrogens (tertiary/aromatic N) is 2. The van der Waals surface area contributed by atoms with Gasteiger partial charge in [-0.15, -0.1) is 0 Å². The number of hydrogen-bond acceptors (Lipinski definition) is 8. The van der Waals surface area contributed by atoms with Crippen LogP contribution in [0.3, 0.4) is 0 Å². The Morgan fingerprint density at radius 2 is 0.474 bits per heavy atom. The Bertz CT molecular complexity index is 4850. The van der Waals surface area contributed by atoms with Crippen LogP contribution >= 0.6 is 0 Å². The van der Waals surface area contributed by atoms with Gasteiger partial charge in [0.2, 0.25) is 0 Å². The molecule has 2 heterocycles. The lowest BCUT2D eigenvalue weighted by Crippen LogP contribution is -2.42. The van der Waals surface area contributed by atoms with Crippen molar-refractivity contribution in [3.05, 3.63) is 224 Å². The molecule has 0 saturated heterocycles. The van der Waals surface area contributed by atoms with Crippen LogP contribution in [0.25, 0.3) is 43.1 Å². The topological polar surface area (TPSA) is 112 Å². The van der Waals surface area contributed by atoms with Crippen molar-refractivity contribution in [2.45, 2.75) is 259 Å². The van der Waals surface area contributed by atoms with Crippen LogP contribution in [0, 0.1) is 23.7 Å². The van der Waals surface area contributed by atoms with Crippen LogP contribution in [0.15, 0.2) is 158 Å². The van der Waals surface area contributed by atoms with Crippen LogP contribution in [0.1, 0.15) is 297 Å². The number of carbonyl (C=O) groups is 4. The van der Waals surface area contributed by atoms with Crippen molar-refractivity contribution >= 4 is 78.1 Å². The molecule has 10 heteroatoms. The third-order valence-electron chi connectivity index (χ3n) is 26.7. The number of para-hydroxylation sites is 2. The van der Waals surface area contributed by atoms with E-state index in [0.717, 1.165) is 95.9 Å². The van der Waals surface area contributed by atoms with Crippen molar-refractivity contribution in [2.24, 2.45) is 23.7 Å². The minimum Gasteiger partial charge on any atom is -0.457 e. The summed E-state index contributed by atoms with van der Waals surface area (Å²) in [4.78, 5) is 71.7. The molecule has 11 aromatic rings. The molecular formula is C104H114N2O8. The van der Waals surface area contributed by atoms with Crippen LogP contribution in [0.2, 0.25) is 0 Å². The SMILES string of the molecule is CC(C)(C)c1ccc(Oc2cc3c4c(cc(Oc5ccc(C(C)(C)C)cc5)c5c6c(Oc7ccc(C(C)(C)C)cc7)cc7c8c(cc(Oc9ccc(C(C)(C)C)cc9)c(c2c45)c86)C(=O)N(c2c(CCC4CCCC4)cccc2CCC2CCCC2)C7=O)C(=O)N(c2c(CCC4CCCC4)cccc2CCC2CCCC2)C3=O)cc1. The van der Waals surface area contributed by atoms with E-state index in [2.05, 4.69) is 168 Å². The Labute approximate surface area is 675 Å². The molecule has 4 saturated carbocycles. The number of carbonyl (C=O) groups excluding carboxylic acids is 4. The zero-order chi connectivity index (χ0) is 79.3. The summed E-state index contributed by atoms with van der Waals surface area (Å²) in [6.45, 7) is 26.3. The van der Waals surface area contributed by atoms with E-state index in [4.69, 9.17) is 18.9 Å². The lowest BCUT2D eigenvalue weighted by molar-refractivity contribution is 0.0877. The molecule has 17 rings (SSSR count). The van der Waals surface area contributed by atoms with E-state index >= 15 is 19.2 Å². The molecule has 0 atom stereocenters. The first-order chi connectivity index (χ1) is 54.7. The summed E-state index contributed by atoms with van der Waals surface area (Å²) in [5.41, 5.74) is 10.1. The highest BCUT2D eigenvalue weighted by molar-refractivity contribution is 6.48. The van der Waals surface area contributed by atoms with Crippen LogP contribution < -0.4 is 28.7 Å². The predicted molar refractivity (Wildman–Crippen MR) is 465 cm³/mol. The lowest BCUT2D eigenvalue weighted by Gasteiger charge is -2.34. The zero-order valence-electron chi connectivity index (χ0n) is 69.5. The molecule has 6 aliphatic rings. The van der Waals surface area contributed by atoms with Gasteiger partial charge in [0.1, 0.15) is 46.0 Å². The summed E-state index contributed by atoms with van der Waals surface area (Å²) >= 11 is 0. The average molecular weight is 1520 g/mol. The van der Waals surface area contributed by atoms with Crippen molar-refractivity contribution in [1.29, 1.82) is 0 Å². The normalized spacial score (nSPS) is 16.9. The van der Waals surface area contributed by atoms with Crippen molar-refractivity contribution < 1.29 is 38.1 Å². The minimum absolute atomic E-state index is 0.192. The molecule has 114 heavy (non-hydrogen) atoms. The molecule has 11 aromatic carbocycles. The molecule has 2 aliphatic heterocycles. The number of amides is 4. The van der Waals surface area contributed by atoms with E-state index in [1.54, 1.807) is 0 Å². The number of benzene rings is 11. The van der Waals surface area contributed by atoms with Gasteiger partial charge >= 0.3 is 0 Å². The van der Waals surface area contributed by atoms with Crippen molar-refractivity contribution in [3.8, 4) is 46.0 Å². The minimum atomic E-state index is -0.455. The van der Waals surface area contributed by atoms with Gasteiger partial charge in [0.25, 0.3) is 23.6 Å². The third-order valence-corrected chi connectivity index (χ3v) is 26.7. The van der Waals surface area contributed by atoms with Gasteiger partial charge in [-0.05, 0) is 214 Å². The van der Waals surface area contributed by atoms with Crippen molar-refractivity contribution in [2.75, 3.05) is 9.80 Å². The maximum atomic E-state index is 17.2. The highest BCUT2D eigenvalue weighted by Gasteiger charge is 2.45. The number of hydrogen-bond donors (Lipinski definition) is 0. The summed E-state index contributed by atoms with van der Waals surface area (Å²) in [7, 11) is 0.